The lowest BCUT2D eigenvalue weighted by atomic mass is 9.99. The molecule has 0 spiro atoms. The van der Waals surface area contributed by atoms with Crippen LogP contribution in [0.15, 0.2) is 60.7 Å². The second-order valence-corrected chi connectivity index (χ2v) is 15.1. The van der Waals surface area contributed by atoms with E-state index in [0.29, 0.717) is 32.2 Å². The van der Waals surface area contributed by atoms with Crippen LogP contribution < -0.4 is 16.0 Å². The van der Waals surface area contributed by atoms with Crippen LogP contribution in [0.2, 0.25) is 0 Å². The normalized spacial score (nSPS) is 26.7. The third kappa shape index (κ3) is 9.77. The standard InChI is InChI=1S/C40H53N5O7/c1-25(2)21-29-35(46)41-30(23-27-13-7-5-8-14-27)36(47)43-31(24-28-15-9-6-10-16-28)38(49)45-20-12-18-33(45)40(51)52-34(22-26(3)4)39(50)44-19-11-17-32(44)37(48)42-29/h5-10,13-16,25-26,29-34H,11-12,17-24H2,1-4H3,(H,41,46)(H,42,48)(H,43,47)/t29-,30-,31-,32-,33-,34-/m0/s1. The average molecular weight is 716 g/mol. The summed E-state index contributed by atoms with van der Waals surface area (Å²) in [7, 11) is 0. The summed E-state index contributed by atoms with van der Waals surface area (Å²) in [5.74, 6) is -3.16. The molecule has 52 heavy (non-hydrogen) atoms. The minimum absolute atomic E-state index is 0.00716. The van der Waals surface area contributed by atoms with Gasteiger partial charge in [0.1, 0.15) is 30.2 Å². The Hall–Kier alpha value is -4.74. The largest absolute Gasteiger partial charge is 0.451 e. The lowest BCUT2D eigenvalue weighted by Crippen LogP contribution is -2.60. The van der Waals surface area contributed by atoms with Crippen molar-refractivity contribution < 1.29 is 33.5 Å². The Morgan fingerprint density at radius 1 is 0.596 bits per heavy atom. The summed E-state index contributed by atoms with van der Waals surface area (Å²) in [6.45, 7) is 8.28. The van der Waals surface area contributed by atoms with Gasteiger partial charge in [0.05, 0.1) is 0 Å². The first-order valence-electron chi connectivity index (χ1n) is 18.7. The Morgan fingerprint density at radius 3 is 1.65 bits per heavy atom. The van der Waals surface area contributed by atoms with E-state index >= 15 is 0 Å². The van der Waals surface area contributed by atoms with E-state index < -0.39 is 71.8 Å². The first-order chi connectivity index (χ1) is 24.9. The van der Waals surface area contributed by atoms with Gasteiger partial charge in [0.25, 0.3) is 5.91 Å². The van der Waals surface area contributed by atoms with Crippen molar-refractivity contribution in [2.24, 2.45) is 11.8 Å². The van der Waals surface area contributed by atoms with E-state index in [1.165, 1.54) is 9.80 Å². The van der Waals surface area contributed by atoms with Crippen LogP contribution >= 0.6 is 0 Å². The van der Waals surface area contributed by atoms with Gasteiger partial charge in [0.2, 0.25) is 23.6 Å². The summed E-state index contributed by atoms with van der Waals surface area (Å²) >= 11 is 0. The molecule has 0 saturated carbocycles. The van der Waals surface area contributed by atoms with Crippen LogP contribution in [0.4, 0.5) is 0 Å². The third-order valence-electron chi connectivity index (χ3n) is 10.0. The van der Waals surface area contributed by atoms with E-state index in [1.54, 1.807) is 0 Å². The van der Waals surface area contributed by atoms with Crippen molar-refractivity contribution in [2.75, 3.05) is 13.1 Å². The van der Waals surface area contributed by atoms with Gasteiger partial charge in [0.15, 0.2) is 6.10 Å². The van der Waals surface area contributed by atoms with Gasteiger partial charge in [0, 0.05) is 25.9 Å². The van der Waals surface area contributed by atoms with E-state index in [1.807, 2.05) is 88.4 Å². The Bertz CT molecular complexity index is 1580. The highest BCUT2D eigenvalue weighted by molar-refractivity contribution is 5.97. The average Bonchev–Trinajstić information content (AvgIpc) is 3.81. The molecule has 6 atom stereocenters. The first-order valence-corrected chi connectivity index (χ1v) is 18.7. The molecule has 0 bridgehead atoms. The molecule has 0 radical (unpaired) electrons. The number of cyclic esters (lactones) is 1. The van der Waals surface area contributed by atoms with E-state index in [2.05, 4.69) is 16.0 Å². The lowest BCUT2D eigenvalue weighted by Gasteiger charge is -2.33. The molecule has 12 heteroatoms. The van der Waals surface area contributed by atoms with Gasteiger partial charge in [-0.25, -0.2) is 4.79 Å². The Kier molecular flexibility index (Phi) is 13.1. The fourth-order valence-electron chi connectivity index (χ4n) is 7.43. The molecule has 12 nitrogen and oxygen atoms in total. The maximum Gasteiger partial charge on any atom is 0.329 e. The lowest BCUT2D eigenvalue weighted by molar-refractivity contribution is -0.167. The fraction of sp³-hybridized carbons (Fsp3) is 0.550. The maximum absolute atomic E-state index is 14.4. The predicted octanol–water partition coefficient (Wildman–Crippen LogP) is 2.93. The van der Waals surface area contributed by atoms with Gasteiger partial charge in [-0.1, -0.05) is 88.4 Å². The number of carbonyl (C=O) groups is 6. The molecule has 3 heterocycles. The molecular formula is C40H53N5O7. The number of benzene rings is 2. The highest BCUT2D eigenvalue weighted by Gasteiger charge is 2.44. The van der Waals surface area contributed by atoms with Gasteiger partial charge in [-0.15, -0.1) is 0 Å². The number of hydrogen-bond donors (Lipinski definition) is 3. The molecule has 5 amide bonds. The number of hydrogen-bond acceptors (Lipinski definition) is 7. The molecule has 0 unspecified atom stereocenters. The molecule has 3 saturated heterocycles. The first kappa shape index (κ1) is 38.5. The van der Waals surface area contributed by atoms with Crippen molar-refractivity contribution in [2.45, 2.75) is 115 Å². The summed E-state index contributed by atoms with van der Waals surface area (Å²) in [6.07, 6.45) is 1.51. The van der Waals surface area contributed by atoms with Gasteiger partial charge in [-0.05, 0) is 61.5 Å². The number of amides is 5. The zero-order chi connectivity index (χ0) is 37.4. The minimum Gasteiger partial charge on any atom is -0.451 e. The number of esters is 1. The molecule has 280 valence electrons. The topological polar surface area (TPSA) is 154 Å². The molecular weight excluding hydrogens is 662 g/mol. The van der Waals surface area contributed by atoms with Gasteiger partial charge in [-0.3, -0.25) is 24.0 Å². The predicted molar refractivity (Wildman–Crippen MR) is 194 cm³/mol. The Labute approximate surface area is 306 Å². The molecule has 3 fully saturated rings. The van der Waals surface area contributed by atoms with Crippen molar-refractivity contribution in [3.63, 3.8) is 0 Å². The maximum atomic E-state index is 14.4. The van der Waals surface area contributed by atoms with Gasteiger partial charge in [-0.2, -0.15) is 0 Å². The van der Waals surface area contributed by atoms with Crippen LogP contribution in [0.5, 0.6) is 0 Å². The van der Waals surface area contributed by atoms with Crippen LogP contribution in [-0.2, 0) is 46.3 Å². The van der Waals surface area contributed by atoms with Crippen LogP contribution in [0.25, 0.3) is 0 Å². The molecule has 2 aromatic carbocycles. The van der Waals surface area contributed by atoms with E-state index in [9.17, 15) is 28.8 Å². The molecule has 3 aliphatic heterocycles. The molecule has 5 rings (SSSR count). The third-order valence-corrected chi connectivity index (χ3v) is 10.0. The molecule has 0 aromatic heterocycles. The summed E-state index contributed by atoms with van der Waals surface area (Å²) < 4.78 is 5.97. The quantitative estimate of drug-likeness (QED) is 0.356. The molecule has 2 aromatic rings. The Morgan fingerprint density at radius 2 is 1.08 bits per heavy atom. The fourth-order valence-corrected chi connectivity index (χ4v) is 7.43. The van der Waals surface area contributed by atoms with E-state index in [4.69, 9.17) is 4.74 Å². The molecule has 3 aliphatic rings. The van der Waals surface area contributed by atoms with Crippen molar-refractivity contribution in [1.29, 1.82) is 0 Å². The highest BCUT2D eigenvalue weighted by atomic mass is 16.6. The minimum atomic E-state index is -1.15. The monoisotopic (exact) mass is 715 g/mol. The van der Waals surface area contributed by atoms with Crippen LogP contribution in [-0.4, -0.2) is 94.7 Å². The van der Waals surface area contributed by atoms with Gasteiger partial charge >= 0.3 is 5.97 Å². The summed E-state index contributed by atoms with van der Waals surface area (Å²) in [6, 6.07) is 13.5. The summed E-state index contributed by atoms with van der Waals surface area (Å²) in [5, 5.41) is 8.72. The number of rotatable bonds is 8. The SMILES string of the molecule is CC(C)C[C@@H]1NC(=O)[C@@H]2CCCN2C(=O)[C@H](CC(C)C)OC(=O)[C@@H]2CCCN2C(=O)[C@H](Cc2ccccc2)NC(=O)[C@H](Cc2ccccc2)NC1=O. The van der Waals surface area contributed by atoms with Crippen molar-refractivity contribution in [1.82, 2.24) is 25.8 Å². The summed E-state index contributed by atoms with van der Waals surface area (Å²) in [4.78, 5) is 87.5. The molecule has 0 aliphatic carbocycles. The second kappa shape index (κ2) is 17.7. The smallest absolute Gasteiger partial charge is 0.329 e. The number of nitrogens with zero attached hydrogens (tertiary/aromatic N) is 2. The highest BCUT2D eigenvalue weighted by Crippen LogP contribution is 2.26. The van der Waals surface area contributed by atoms with Crippen molar-refractivity contribution in [3.8, 4) is 0 Å². The van der Waals surface area contributed by atoms with Crippen LogP contribution in [0.1, 0.15) is 77.3 Å². The molecule has 3 N–H and O–H groups in total. The second-order valence-electron chi connectivity index (χ2n) is 15.1. The van der Waals surface area contributed by atoms with Crippen LogP contribution in [0, 0.1) is 11.8 Å². The summed E-state index contributed by atoms with van der Waals surface area (Å²) in [5.41, 5.74) is 1.59. The van der Waals surface area contributed by atoms with E-state index in [-0.39, 0.29) is 44.1 Å². The zero-order valence-electron chi connectivity index (χ0n) is 30.7. The van der Waals surface area contributed by atoms with Crippen molar-refractivity contribution in [3.05, 3.63) is 71.8 Å². The zero-order valence-corrected chi connectivity index (χ0v) is 30.7. The van der Waals surface area contributed by atoms with E-state index in [0.717, 1.165) is 11.1 Å². The number of fused-ring (bicyclic) bond motifs is 2. The number of nitrogens with one attached hydrogen (secondary N) is 3. The number of carbonyl (C=O) groups excluding carboxylic acids is 6. The number of ether oxygens (including phenoxy) is 1. The van der Waals surface area contributed by atoms with Crippen LogP contribution in [0.3, 0.4) is 0 Å². The van der Waals surface area contributed by atoms with Crippen molar-refractivity contribution >= 4 is 35.5 Å². The Balaban J connectivity index is 1.55. The van der Waals surface area contributed by atoms with Gasteiger partial charge < -0.3 is 30.5 Å².